The van der Waals surface area contributed by atoms with E-state index in [2.05, 4.69) is 16.4 Å². The van der Waals surface area contributed by atoms with E-state index in [1.807, 2.05) is 61.2 Å². The number of fused-ring (bicyclic) bond motifs is 1. The van der Waals surface area contributed by atoms with Gasteiger partial charge in [0.1, 0.15) is 17.4 Å². The second-order valence-electron chi connectivity index (χ2n) is 8.79. The van der Waals surface area contributed by atoms with Gasteiger partial charge in [-0.1, -0.05) is 36.8 Å². The number of carbonyl (C=O) groups is 1. The van der Waals surface area contributed by atoms with E-state index in [0.29, 0.717) is 29.7 Å². The van der Waals surface area contributed by atoms with Crippen LogP contribution in [0.1, 0.15) is 40.7 Å². The molecule has 2 heterocycles. The number of sulfonamides is 1. The standard InChI is InChI=1S/C27H28N6O3S/c1-5-24-31-25-18(3)23(16-28)19(4)30-26(25)33(24)21-10-8-20(9-11-21)14-15-29-27(34)32-37(35,36)22-12-6-17(2)7-13-22/h6-13H,5,14-15H2,1-4H3,(H2,29,32,34). The van der Waals surface area contributed by atoms with Gasteiger partial charge in [-0.2, -0.15) is 5.26 Å². The quantitative estimate of drug-likeness (QED) is 0.382. The molecule has 9 nitrogen and oxygen atoms in total. The number of urea groups is 1. The Morgan fingerprint density at radius 1 is 1.03 bits per heavy atom. The van der Waals surface area contributed by atoms with Gasteiger partial charge in [0.25, 0.3) is 10.0 Å². The van der Waals surface area contributed by atoms with E-state index in [1.165, 1.54) is 12.1 Å². The maximum atomic E-state index is 12.4. The molecule has 0 spiro atoms. The highest BCUT2D eigenvalue weighted by atomic mass is 32.2. The highest BCUT2D eigenvalue weighted by Gasteiger charge is 2.19. The summed E-state index contributed by atoms with van der Waals surface area (Å²) in [6.45, 7) is 7.86. The SMILES string of the molecule is CCc1nc2c(C)c(C#N)c(C)nc2n1-c1ccc(CCNC(=O)NS(=O)(=O)c2ccc(C)cc2)cc1. The van der Waals surface area contributed by atoms with Crippen LogP contribution in [-0.4, -0.2) is 35.5 Å². The molecule has 0 fully saturated rings. The predicted molar refractivity (Wildman–Crippen MR) is 141 cm³/mol. The third kappa shape index (κ3) is 5.32. The van der Waals surface area contributed by atoms with Crippen molar-refractivity contribution in [3.63, 3.8) is 0 Å². The first-order valence-corrected chi connectivity index (χ1v) is 13.4. The van der Waals surface area contributed by atoms with Crippen molar-refractivity contribution in [1.29, 1.82) is 5.26 Å². The van der Waals surface area contributed by atoms with E-state index >= 15 is 0 Å². The number of aryl methyl sites for hydroxylation is 4. The second kappa shape index (κ2) is 10.4. The van der Waals surface area contributed by atoms with Crippen LogP contribution in [0.2, 0.25) is 0 Å². The maximum Gasteiger partial charge on any atom is 0.328 e. The lowest BCUT2D eigenvalue weighted by Gasteiger charge is -2.11. The van der Waals surface area contributed by atoms with Gasteiger partial charge in [0, 0.05) is 18.7 Å². The van der Waals surface area contributed by atoms with Gasteiger partial charge in [-0.25, -0.2) is 27.9 Å². The molecular weight excluding hydrogens is 488 g/mol. The number of nitrogens with zero attached hydrogens (tertiary/aromatic N) is 4. The van der Waals surface area contributed by atoms with E-state index in [-0.39, 0.29) is 11.4 Å². The van der Waals surface area contributed by atoms with Crippen molar-refractivity contribution >= 4 is 27.2 Å². The minimum Gasteiger partial charge on any atom is -0.337 e. The Balaban J connectivity index is 1.44. The molecule has 2 aromatic heterocycles. The summed E-state index contributed by atoms with van der Waals surface area (Å²) in [4.78, 5) is 21.6. The number of aromatic nitrogens is 3. The van der Waals surface area contributed by atoms with Gasteiger partial charge in [-0.15, -0.1) is 0 Å². The van der Waals surface area contributed by atoms with Crippen molar-refractivity contribution in [3.05, 3.63) is 82.3 Å². The lowest BCUT2D eigenvalue weighted by Crippen LogP contribution is -2.40. The first kappa shape index (κ1) is 25.9. The number of nitrogens with one attached hydrogen (secondary N) is 2. The fraction of sp³-hybridized carbons (Fsp3) is 0.259. The molecule has 0 saturated carbocycles. The Morgan fingerprint density at radius 2 is 1.70 bits per heavy atom. The van der Waals surface area contributed by atoms with Crippen LogP contribution in [0.5, 0.6) is 0 Å². The Hall–Kier alpha value is -4.23. The second-order valence-corrected chi connectivity index (χ2v) is 10.5. The lowest BCUT2D eigenvalue weighted by atomic mass is 10.1. The topological polar surface area (TPSA) is 130 Å². The first-order chi connectivity index (χ1) is 17.6. The maximum absolute atomic E-state index is 12.4. The van der Waals surface area contributed by atoms with Gasteiger partial charge >= 0.3 is 6.03 Å². The molecule has 0 radical (unpaired) electrons. The molecule has 2 aromatic carbocycles. The van der Waals surface area contributed by atoms with Crippen LogP contribution in [0.4, 0.5) is 4.79 Å². The van der Waals surface area contributed by atoms with E-state index in [1.54, 1.807) is 12.1 Å². The molecule has 0 saturated heterocycles. The van der Waals surface area contributed by atoms with Crippen molar-refractivity contribution in [1.82, 2.24) is 24.6 Å². The summed E-state index contributed by atoms with van der Waals surface area (Å²) in [6.07, 6.45) is 1.22. The molecule has 0 unspecified atom stereocenters. The third-order valence-corrected chi connectivity index (χ3v) is 7.52. The normalized spacial score (nSPS) is 11.3. The van der Waals surface area contributed by atoms with Crippen molar-refractivity contribution < 1.29 is 13.2 Å². The number of hydrogen-bond donors (Lipinski definition) is 2. The predicted octanol–water partition coefficient (Wildman–Crippen LogP) is 4.01. The Labute approximate surface area is 216 Å². The molecule has 0 bridgehead atoms. The van der Waals surface area contributed by atoms with E-state index < -0.39 is 16.1 Å². The molecule has 37 heavy (non-hydrogen) atoms. The number of amides is 2. The van der Waals surface area contributed by atoms with Crippen molar-refractivity contribution in [2.75, 3.05) is 6.54 Å². The summed E-state index contributed by atoms with van der Waals surface area (Å²) >= 11 is 0. The Kier molecular flexibility index (Phi) is 7.27. The monoisotopic (exact) mass is 516 g/mol. The zero-order valence-electron chi connectivity index (χ0n) is 21.2. The average Bonchev–Trinajstić information content (AvgIpc) is 3.23. The lowest BCUT2D eigenvalue weighted by molar-refractivity contribution is 0.246. The molecule has 4 aromatic rings. The van der Waals surface area contributed by atoms with Gasteiger partial charge in [-0.05, 0) is 62.6 Å². The number of benzene rings is 2. The summed E-state index contributed by atoms with van der Waals surface area (Å²) in [5.41, 5.74) is 6.28. The van der Waals surface area contributed by atoms with Crippen molar-refractivity contribution in [3.8, 4) is 11.8 Å². The molecule has 4 rings (SSSR count). The minimum absolute atomic E-state index is 0.0334. The number of nitriles is 1. The largest absolute Gasteiger partial charge is 0.337 e. The van der Waals surface area contributed by atoms with Crippen LogP contribution < -0.4 is 10.0 Å². The summed E-state index contributed by atoms with van der Waals surface area (Å²) in [5.74, 6) is 0.848. The fourth-order valence-corrected chi connectivity index (χ4v) is 5.08. The zero-order chi connectivity index (χ0) is 26.7. The molecule has 0 atom stereocenters. The first-order valence-electron chi connectivity index (χ1n) is 11.9. The summed E-state index contributed by atoms with van der Waals surface area (Å²) in [6, 6.07) is 15.5. The van der Waals surface area contributed by atoms with Gasteiger partial charge in [-0.3, -0.25) is 4.57 Å². The van der Waals surface area contributed by atoms with Crippen molar-refractivity contribution in [2.24, 2.45) is 0 Å². The van der Waals surface area contributed by atoms with Gasteiger partial charge in [0.2, 0.25) is 0 Å². The number of carbonyl (C=O) groups excluding carboxylic acids is 1. The highest BCUT2D eigenvalue weighted by molar-refractivity contribution is 7.90. The smallest absolute Gasteiger partial charge is 0.328 e. The van der Waals surface area contributed by atoms with Crippen LogP contribution >= 0.6 is 0 Å². The van der Waals surface area contributed by atoms with Gasteiger partial charge in [0.05, 0.1) is 16.2 Å². The summed E-state index contributed by atoms with van der Waals surface area (Å²) < 4.78 is 28.8. The van der Waals surface area contributed by atoms with Crippen molar-refractivity contribution in [2.45, 2.75) is 45.4 Å². The van der Waals surface area contributed by atoms with Gasteiger partial charge in [0.15, 0.2) is 5.65 Å². The molecule has 2 N–H and O–H groups in total. The molecular formula is C27H28N6O3S. The number of rotatable bonds is 7. The summed E-state index contributed by atoms with van der Waals surface area (Å²) in [5, 5.41) is 12.1. The molecule has 10 heteroatoms. The highest BCUT2D eigenvalue weighted by Crippen LogP contribution is 2.26. The van der Waals surface area contributed by atoms with E-state index in [9.17, 15) is 18.5 Å². The Bertz CT molecular complexity index is 1620. The summed E-state index contributed by atoms with van der Waals surface area (Å²) in [7, 11) is -3.93. The molecule has 0 aliphatic rings. The van der Waals surface area contributed by atoms with Crippen LogP contribution in [0.15, 0.2) is 53.4 Å². The molecule has 190 valence electrons. The fourth-order valence-electron chi connectivity index (χ4n) is 4.16. The van der Waals surface area contributed by atoms with Crippen LogP contribution in [0.3, 0.4) is 0 Å². The molecule has 2 amide bonds. The number of imidazole rings is 1. The van der Waals surface area contributed by atoms with E-state index in [4.69, 9.17) is 4.98 Å². The molecule has 0 aliphatic heterocycles. The molecule has 0 aliphatic carbocycles. The minimum atomic E-state index is -3.93. The van der Waals surface area contributed by atoms with Crippen LogP contribution in [0.25, 0.3) is 16.9 Å². The number of hydrogen-bond acceptors (Lipinski definition) is 6. The van der Waals surface area contributed by atoms with E-state index in [0.717, 1.165) is 33.7 Å². The van der Waals surface area contributed by atoms with Gasteiger partial charge < -0.3 is 5.32 Å². The van der Waals surface area contributed by atoms with Crippen LogP contribution in [-0.2, 0) is 22.9 Å². The van der Waals surface area contributed by atoms with Crippen LogP contribution in [0, 0.1) is 32.1 Å². The third-order valence-electron chi connectivity index (χ3n) is 6.17. The number of pyridine rings is 1. The Morgan fingerprint density at radius 3 is 2.32 bits per heavy atom. The zero-order valence-corrected chi connectivity index (χ0v) is 22.0. The average molecular weight is 517 g/mol.